The van der Waals surface area contributed by atoms with E-state index in [4.69, 9.17) is 17.3 Å². The Hall–Kier alpha value is -1.66. The van der Waals surface area contributed by atoms with Crippen molar-refractivity contribution in [3.63, 3.8) is 0 Å². The van der Waals surface area contributed by atoms with E-state index >= 15 is 0 Å². The molecule has 1 aromatic heterocycles. The molecule has 0 aliphatic carbocycles. The van der Waals surface area contributed by atoms with Crippen LogP contribution < -0.4 is 11.1 Å². The van der Waals surface area contributed by atoms with Crippen molar-refractivity contribution in [2.75, 3.05) is 11.1 Å². The minimum absolute atomic E-state index is 0.289. The van der Waals surface area contributed by atoms with Crippen molar-refractivity contribution in [2.45, 2.75) is 0 Å². The van der Waals surface area contributed by atoms with Crippen molar-refractivity contribution in [1.82, 2.24) is 9.97 Å². The maximum atomic E-state index is 11.9. The SMILES string of the molecule is Nc1ccc(C(=O)Nc2cnc(Br)cn2)c(Cl)c1. The number of carbonyl (C=O) groups excluding carboxylic acids is 1. The standard InChI is InChI=1S/C11H8BrClN4O/c12-9-4-16-10(5-15-9)17-11(18)7-2-1-6(14)3-8(7)13/h1-5H,14H2,(H,16,17,18). The topological polar surface area (TPSA) is 80.9 Å². The van der Waals surface area contributed by atoms with E-state index in [1.165, 1.54) is 18.5 Å². The second-order valence-corrected chi connectivity index (χ2v) is 4.64. The number of hydrogen-bond acceptors (Lipinski definition) is 4. The van der Waals surface area contributed by atoms with Crippen molar-refractivity contribution in [3.8, 4) is 0 Å². The van der Waals surface area contributed by atoms with Crippen LogP contribution in [-0.2, 0) is 0 Å². The lowest BCUT2D eigenvalue weighted by atomic mass is 10.2. The van der Waals surface area contributed by atoms with Crippen molar-refractivity contribution in [1.29, 1.82) is 0 Å². The molecule has 0 saturated carbocycles. The first kappa shape index (κ1) is 12.8. The normalized spacial score (nSPS) is 10.1. The van der Waals surface area contributed by atoms with Crippen LogP contribution in [0.25, 0.3) is 0 Å². The molecule has 0 unspecified atom stereocenters. The third kappa shape index (κ3) is 2.96. The molecule has 1 aromatic carbocycles. The van der Waals surface area contributed by atoms with Crippen LogP contribution in [0.2, 0.25) is 5.02 Å². The molecule has 5 nitrogen and oxygen atoms in total. The Bertz CT molecular complexity index is 588. The van der Waals surface area contributed by atoms with E-state index in [-0.39, 0.29) is 10.9 Å². The maximum absolute atomic E-state index is 11.9. The van der Waals surface area contributed by atoms with E-state index in [2.05, 4.69) is 31.2 Å². The molecule has 2 aromatic rings. The average molecular weight is 328 g/mol. The van der Waals surface area contributed by atoms with Gasteiger partial charge in [-0.15, -0.1) is 0 Å². The highest BCUT2D eigenvalue weighted by molar-refractivity contribution is 9.10. The Balaban J connectivity index is 2.19. The number of carbonyl (C=O) groups is 1. The first-order chi connectivity index (χ1) is 8.56. The summed E-state index contributed by atoms with van der Waals surface area (Å²) >= 11 is 9.09. The number of benzene rings is 1. The smallest absolute Gasteiger partial charge is 0.258 e. The molecule has 2 rings (SSSR count). The quantitative estimate of drug-likeness (QED) is 0.831. The molecule has 0 aliphatic rings. The number of nitrogen functional groups attached to an aromatic ring is 1. The molecule has 0 aliphatic heterocycles. The Morgan fingerprint density at radius 2 is 2.11 bits per heavy atom. The fourth-order valence-electron chi connectivity index (χ4n) is 1.28. The molecular weight excluding hydrogens is 320 g/mol. The monoisotopic (exact) mass is 326 g/mol. The molecule has 1 heterocycles. The number of anilines is 2. The van der Waals surface area contributed by atoms with Gasteiger partial charge in [-0.05, 0) is 34.1 Å². The molecule has 18 heavy (non-hydrogen) atoms. The number of rotatable bonds is 2. The van der Waals surface area contributed by atoms with E-state index in [1.807, 2.05) is 0 Å². The van der Waals surface area contributed by atoms with Crippen LogP contribution in [-0.4, -0.2) is 15.9 Å². The Labute approximate surface area is 117 Å². The Kier molecular flexibility index (Phi) is 3.78. The number of nitrogens with zero attached hydrogens (tertiary/aromatic N) is 2. The molecule has 0 atom stereocenters. The third-order valence-corrected chi connectivity index (χ3v) is 2.82. The van der Waals surface area contributed by atoms with Gasteiger partial charge in [0.05, 0.1) is 23.0 Å². The molecule has 92 valence electrons. The van der Waals surface area contributed by atoms with Crippen molar-refractivity contribution < 1.29 is 4.79 Å². The Morgan fingerprint density at radius 3 is 2.72 bits per heavy atom. The molecule has 0 fully saturated rings. The fourth-order valence-corrected chi connectivity index (χ4v) is 1.76. The lowest BCUT2D eigenvalue weighted by Gasteiger charge is -2.06. The molecule has 0 saturated heterocycles. The van der Waals surface area contributed by atoms with Crippen LogP contribution in [0.1, 0.15) is 10.4 Å². The summed E-state index contributed by atoms with van der Waals surface area (Å²) in [6, 6.07) is 4.68. The molecular formula is C11H8BrClN4O. The number of aromatic nitrogens is 2. The number of hydrogen-bond donors (Lipinski definition) is 2. The summed E-state index contributed by atoms with van der Waals surface area (Å²) in [7, 11) is 0. The summed E-state index contributed by atoms with van der Waals surface area (Å²) in [5.41, 5.74) is 6.38. The van der Waals surface area contributed by atoms with Gasteiger partial charge < -0.3 is 11.1 Å². The number of nitrogens with one attached hydrogen (secondary N) is 1. The highest BCUT2D eigenvalue weighted by atomic mass is 79.9. The van der Waals surface area contributed by atoms with Crippen molar-refractivity contribution >= 4 is 44.9 Å². The second-order valence-electron chi connectivity index (χ2n) is 3.42. The van der Waals surface area contributed by atoms with E-state index < -0.39 is 0 Å². The summed E-state index contributed by atoms with van der Waals surface area (Å²) in [6.07, 6.45) is 2.92. The first-order valence-electron chi connectivity index (χ1n) is 4.90. The molecule has 0 radical (unpaired) electrons. The van der Waals surface area contributed by atoms with Gasteiger partial charge in [0.2, 0.25) is 0 Å². The van der Waals surface area contributed by atoms with Crippen molar-refractivity contribution in [2.24, 2.45) is 0 Å². The van der Waals surface area contributed by atoms with Gasteiger partial charge in [0.25, 0.3) is 5.91 Å². The molecule has 3 N–H and O–H groups in total. The summed E-state index contributed by atoms with van der Waals surface area (Å²) in [4.78, 5) is 19.8. The highest BCUT2D eigenvalue weighted by Crippen LogP contribution is 2.20. The second kappa shape index (κ2) is 5.32. The van der Waals surface area contributed by atoms with E-state index in [0.29, 0.717) is 21.7 Å². The van der Waals surface area contributed by atoms with Crippen molar-refractivity contribution in [3.05, 3.63) is 45.8 Å². The van der Waals surface area contributed by atoms with Gasteiger partial charge in [-0.2, -0.15) is 0 Å². The van der Waals surface area contributed by atoms with Gasteiger partial charge in [0, 0.05) is 5.69 Å². The zero-order valence-corrected chi connectivity index (χ0v) is 11.4. The zero-order valence-electron chi connectivity index (χ0n) is 9.02. The molecule has 1 amide bonds. The lowest BCUT2D eigenvalue weighted by Crippen LogP contribution is -2.13. The van der Waals surface area contributed by atoms with Gasteiger partial charge in [-0.3, -0.25) is 4.79 Å². The van der Waals surface area contributed by atoms with Crippen LogP contribution in [0.15, 0.2) is 35.2 Å². The Morgan fingerprint density at radius 1 is 1.33 bits per heavy atom. The molecule has 0 bridgehead atoms. The molecule has 7 heteroatoms. The number of amides is 1. The summed E-state index contributed by atoms with van der Waals surface area (Å²) in [5, 5.41) is 2.88. The first-order valence-corrected chi connectivity index (χ1v) is 6.07. The zero-order chi connectivity index (χ0) is 13.1. The number of halogens is 2. The van der Waals surface area contributed by atoms with E-state index in [0.717, 1.165) is 0 Å². The summed E-state index contributed by atoms with van der Waals surface area (Å²) in [6.45, 7) is 0. The highest BCUT2D eigenvalue weighted by Gasteiger charge is 2.11. The lowest BCUT2D eigenvalue weighted by molar-refractivity contribution is 0.102. The predicted octanol–water partition coefficient (Wildman–Crippen LogP) is 2.73. The fraction of sp³-hybridized carbons (Fsp3) is 0. The van der Waals surface area contributed by atoms with E-state index in [1.54, 1.807) is 12.1 Å². The van der Waals surface area contributed by atoms with Crippen LogP contribution in [0.4, 0.5) is 11.5 Å². The minimum atomic E-state index is -0.364. The van der Waals surface area contributed by atoms with Crippen LogP contribution in [0.3, 0.4) is 0 Å². The van der Waals surface area contributed by atoms with Crippen LogP contribution >= 0.6 is 27.5 Å². The van der Waals surface area contributed by atoms with E-state index in [9.17, 15) is 4.79 Å². The van der Waals surface area contributed by atoms with Crippen LogP contribution in [0.5, 0.6) is 0 Å². The number of nitrogens with two attached hydrogens (primary N) is 1. The van der Waals surface area contributed by atoms with Gasteiger partial charge >= 0.3 is 0 Å². The van der Waals surface area contributed by atoms with Crippen LogP contribution in [0, 0.1) is 0 Å². The van der Waals surface area contributed by atoms with Gasteiger partial charge in [0.15, 0.2) is 5.82 Å². The third-order valence-electron chi connectivity index (χ3n) is 2.10. The average Bonchev–Trinajstić information content (AvgIpc) is 2.32. The van der Waals surface area contributed by atoms with Gasteiger partial charge in [-0.25, -0.2) is 9.97 Å². The minimum Gasteiger partial charge on any atom is -0.399 e. The maximum Gasteiger partial charge on any atom is 0.258 e. The van der Waals surface area contributed by atoms with Gasteiger partial charge in [-0.1, -0.05) is 11.6 Å². The largest absolute Gasteiger partial charge is 0.399 e. The summed E-state index contributed by atoms with van der Waals surface area (Å²) < 4.78 is 0.589. The van der Waals surface area contributed by atoms with Gasteiger partial charge in [0.1, 0.15) is 4.60 Å². The molecule has 0 spiro atoms. The predicted molar refractivity (Wildman–Crippen MR) is 73.5 cm³/mol. The summed E-state index contributed by atoms with van der Waals surface area (Å²) in [5.74, 6) is -0.0206.